The van der Waals surface area contributed by atoms with Crippen molar-refractivity contribution in [2.45, 2.75) is 27.4 Å². The Morgan fingerprint density at radius 3 is 2.58 bits per heavy atom. The van der Waals surface area contributed by atoms with Gasteiger partial charge in [0, 0.05) is 34.9 Å². The molecule has 4 heteroatoms. The molecule has 0 aliphatic rings. The van der Waals surface area contributed by atoms with Gasteiger partial charge < -0.3 is 10.1 Å². The Balaban J connectivity index is 1.79. The lowest BCUT2D eigenvalue weighted by molar-refractivity contribution is 0.304. The Morgan fingerprint density at radius 2 is 1.92 bits per heavy atom. The lowest BCUT2D eigenvalue weighted by Gasteiger charge is -2.15. The van der Waals surface area contributed by atoms with E-state index >= 15 is 0 Å². The molecule has 0 aliphatic heterocycles. The van der Waals surface area contributed by atoms with Crippen LogP contribution in [-0.4, -0.2) is 12.0 Å². The van der Waals surface area contributed by atoms with Crippen LogP contribution in [0.25, 0.3) is 10.6 Å². The Kier molecular flexibility index (Phi) is 4.86. The van der Waals surface area contributed by atoms with Gasteiger partial charge in [0.15, 0.2) is 0 Å². The van der Waals surface area contributed by atoms with Crippen LogP contribution >= 0.6 is 11.3 Å². The Bertz CT molecular complexity index is 855. The molecule has 2 aromatic carbocycles. The highest BCUT2D eigenvalue weighted by molar-refractivity contribution is 7.14. The maximum Gasteiger partial charge on any atom is 0.123 e. The van der Waals surface area contributed by atoms with Crippen molar-refractivity contribution in [3.05, 3.63) is 64.2 Å². The molecule has 0 bridgehead atoms. The minimum Gasteiger partial charge on any atom is -0.489 e. The lowest BCUT2D eigenvalue weighted by atomic mass is 10.1. The average molecular weight is 338 g/mol. The molecular formula is C20H22N2OS. The quantitative estimate of drug-likeness (QED) is 0.680. The van der Waals surface area contributed by atoms with Crippen LogP contribution in [0.1, 0.15) is 21.6 Å². The fourth-order valence-corrected chi connectivity index (χ4v) is 3.47. The first kappa shape index (κ1) is 16.5. The standard InChI is InChI=1S/C20H22N2OS/c1-13-6-5-7-18(21-4)17(13)12-23-19-9-8-16(10-14(19)2)20-22-11-15(3)24-20/h5-11,21H,12H2,1-4H3. The summed E-state index contributed by atoms with van der Waals surface area (Å²) in [6, 6.07) is 12.5. The van der Waals surface area contributed by atoms with Gasteiger partial charge >= 0.3 is 0 Å². The number of rotatable bonds is 5. The zero-order valence-electron chi connectivity index (χ0n) is 14.5. The van der Waals surface area contributed by atoms with E-state index in [1.165, 1.54) is 16.0 Å². The van der Waals surface area contributed by atoms with Gasteiger partial charge in [-0.15, -0.1) is 11.3 Å². The summed E-state index contributed by atoms with van der Waals surface area (Å²) >= 11 is 1.71. The van der Waals surface area contributed by atoms with Crippen LogP contribution in [0.4, 0.5) is 5.69 Å². The molecule has 0 unspecified atom stereocenters. The number of ether oxygens (including phenoxy) is 1. The zero-order chi connectivity index (χ0) is 17.1. The molecular weight excluding hydrogens is 316 g/mol. The number of aryl methyl sites for hydroxylation is 3. The van der Waals surface area contributed by atoms with Crippen molar-refractivity contribution in [3.8, 4) is 16.3 Å². The minimum atomic E-state index is 0.555. The molecule has 0 amide bonds. The number of nitrogens with one attached hydrogen (secondary N) is 1. The summed E-state index contributed by atoms with van der Waals surface area (Å²) in [6.45, 7) is 6.82. The molecule has 3 nitrogen and oxygen atoms in total. The lowest BCUT2D eigenvalue weighted by Crippen LogP contribution is -2.03. The van der Waals surface area contributed by atoms with Crippen molar-refractivity contribution in [3.63, 3.8) is 0 Å². The van der Waals surface area contributed by atoms with Crippen LogP contribution in [0.5, 0.6) is 5.75 Å². The molecule has 124 valence electrons. The molecule has 0 atom stereocenters. The first-order valence-corrected chi connectivity index (χ1v) is 8.82. The molecule has 3 aromatic rings. The Hall–Kier alpha value is -2.33. The first-order chi connectivity index (χ1) is 11.6. The highest BCUT2D eigenvalue weighted by atomic mass is 32.1. The van der Waals surface area contributed by atoms with Crippen molar-refractivity contribution in [1.29, 1.82) is 0 Å². The van der Waals surface area contributed by atoms with E-state index in [0.29, 0.717) is 6.61 Å². The van der Waals surface area contributed by atoms with Gasteiger partial charge in [-0.2, -0.15) is 0 Å². The predicted octanol–water partition coefficient (Wildman–Crippen LogP) is 5.36. The third kappa shape index (κ3) is 3.44. The SMILES string of the molecule is CNc1cccc(C)c1COc1ccc(-c2ncc(C)s2)cc1C. The Labute approximate surface area is 147 Å². The first-order valence-electron chi connectivity index (χ1n) is 8.01. The smallest absolute Gasteiger partial charge is 0.123 e. The van der Waals surface area contributed by atoms with E-state index in [1.807, 2.05) is 19.3 Å². The maximum absolute atomic E-state index is 6.09. The average Bonchev–Trinajstić information content (AvgIpc) is 3.01. The van der Waals surface area contributed by atoms with Gasteiger partial charge in [0.2, 0.25) is 0 Å². The van der Waals surface area contributed by atoms with Crippen LogP contribution in [0.3, 0.4) is 0 Å². The fourth-order valence-electron chi connectivity index (χ4n) is 2.71. The van der Waals surface area contributed by atoms with Gasteiger partial charge in [-0.3, -0.25) is 0 Å². The predicted molar refractivity (Wildman–Crippen MR) is 102 cm³/mol. The summed E-state index contributed by atoms with van der Waals surface area (Å²) in [5.74, 6) is 0.914. The van der Waals surface area contributed by atoms with Gasteiger partial charge in [-0.1, -0.05) is 12.1 Å². The van der Waals surface area contributed by atoms with Crippen molar-refractivity contribution < 1.29 is 4.74 Å². The summed E-state index contributed by atoms with van der Waals surface area (Å²) < 4.78 is 6.09. The van der Waals surface area contributed by atoms with Crippen LogP contribution in [-0.2, 0) is 6.61 Å². The number of nitrogens with zero attached hydrogens (tertiary/aromatic N) is 1. The van der Waals surface area contributed by atoms with Gasteiger partial charge in [0.05, 0.1) is 0 Å². The molecule has 1 aromatic heterocycles. The van der Waals surface area contributed by atoms with E-state index in [4.69, 9.17) is 4.74 Å². The molecule has 0 aliphatic carbocycles. The number of benzene rings is 2. The van der Waals surface area contributed by atoms with E-state index in [9.17, 15) is 0 Å². The van der Waals surface area contributed by atoms with Crippen molar-refractivity contribution in [2.24, 2.45) is 0 Å². The number of hydrogen-bond acceptors (Lipinski definition) is 4. The third-order valence-electron chi connectivity index (χ3n) is 4.09. The molecule has 0 saturated heterocycles. The third-order valence-corrected chi connectivity index (χ3v) is 5.06. The number of thiazole rings is 1. The highest BCUT2D eigenvalue weighted by Crippen LogP contribution is 2.30. The van der Waals surface area contributed by atoms with Crippen molar-refractivity contribution >= 4 is 17.0 Å². The molecule has 24 heavy (non-hydrogen) atoms. The van der Waals surface area contributed by atoms with E-state index in [1.54, 1.807) is 11.3 Å². The second-order valence-electron chi connectivity index (χ2n) is 5.90. The zero-order valence-corrected chi connectivity index (χ0v) is 15.3. The van der Waals surface area contributed by atoms with Gasteiger partial charge in [-0.05, 0) is 56.2 Å². The highest BCUT2D eigenvalue weighted by Gasteiger charge is 2.09. The van der Waals surface area contributed by atoms with E-state index in [-0.39, 0.29) is 0 Å². The largest absolute Gasteiger partial charge is 0.489 e. The summed E-state index contributed by atoms with van der Waals surface area (Å²) in [5.41, 5.74) is 5.81. The minimum absolute atomic E-state index is 0.555. The maximum atomic E-state index is 6.09. The van der Waals surface area contributed by atoms with Crippen LogP contribution in [0, 0.1) is 20.8 Å². The molecule has 0 radical (unpaired) electrons. The van der Waals surface area contributed by atoms with Crippen LogP contribution in [0.2, 0.25) is 0 Å². The molecule has 1 N–H and O–H groups in total. The summed E-state index contributed by atoms with van der Waals surface area (Å²) in [5, 5.41) is 4.29. The number of anilines is 1. The van der Waals surface area contributed by atoms with E-state index < -0.39 is 0 Å². The van der Waals surface area contributed by atoms with Gasteiger partial charge in [0.1, 0.15) is 17.4 Å². The summed E-state index contributed by atoms with van der Waals surface area (Å²) in [6.07, 6.45) is 1.91. The topological polar surface area (TPSA) is 34.1 Å². The van der Waals surface area contributed by atoms with Crippen LogP contribution < -0.4 is 10.1 Å². The molecule has 0 spiro atoms. The molecule has 3 rings (SSSR count). The van der Waals surface area contributed by atoms with E-state index in [2.05, 4.69) is 61.4 Å². The van der Waals surface area contributed by atoms with Crippen molar-refractivity contribution in [1.82, 2.24) is 4.98 Å². The van der Waals surface area contributed by atoms with E-state index in [0.717, 1.165) is 27.6 Å². The summed E-state index contributed by atoms with van der Waals surface area (Å²) in [4.78, 5) is 5.68. The number of aromatic nitrogens is 1. The van der Waals surface area contributed by atoms with Crippen molar-refractivity contribution in [2.75, 3.05) is 12.4 Å². The normalized spacial score (nSPS) is 10.7. The fraction of sp³-hybridized carbons (Fsp3) is 0.250. The molecule has 1 heterocycles. The number of hydrogen-bond donors (Lipinski definition) is 1. The molecule has 0 fully saturated rings. The second-order valence-corrected chi connectivity index (χ2v) is 7.13. The summed E-state index contributed by atoms with van der Waals surface area (Å²) in [7, 11) is 1.94. The van der Waals surface area contributed by atoms with Crippen LogP contribution in [0.15, 0.2) is 42.6 Å². The monoisotopic (exact) mass is 338 g/mol. The Morgan fingerprint density at radius 1 is 1.08 bits per heavy atom. The second kappa shape index (κ2) is 7.05. The van der Waals surface area contributed by atoms with Gasteiger partial charge in [0.25, 0.3) is 0 Å². The van der Waals surface area contributed by atoms with Gasteiger partial charge in [-0.25, -0.2) is 4.98 Å². The molecule has 0 saturated carbocycles.